The fourth-order valence-electron chi connectivity index (χ4n) is 2.01. The zero-order valence-corrected chi connectivity index (χ0v) is 12.4. The van der Waals surface area contributed by atoms with Crippen LogP contribution in [0.3, 0.4) is 0 Å². The van der Waals surface area contributed by atoms with E-state index in [9.17, 15) is 4.79 Å². The zero-order chi connectivity index (χ0) is 16.1. The molecule has 0 aliphatic rings. The summed E-state index contributed by atoms with van der Waals surface area (Å²) in [6, 6.07) is 12.8. The van der Waals surface area contributed by atoms with E-state index in [1.165, 1.54) is 0 Å². The molecule has 0 atom stereocenters. The summed E-state index contributed by atoms with van der Waals surface area (Å²) < 4.78 is 10.2. The molecule has 0 radical (unpaired) electrons. The van der Waals surface area contributed by atoms with Crippen LogP contribution < -0.4 is 10.1 Å². The second kappa shape index (κ2) is 6.69. The van der Waals surface area contributed by atoms with Gasteiger partial charge in [0.15, 0.2) is 0 Å². The van der Waals surface area contributed by atoms with Crippen LogP contribution in [0, 0.1) is 0 Å². The third kappa shape index (κ3) is 3.34. The standard InChI is InChI=1S/C16H14N4O3/c1-22-13-8-3-2-6-11(13)10-18-15(21)16-19-14(20-23-16)12-7-4-5-9-17-12/h2-9H,10H2,1H3,(H,18,21). The molecule has 0 saturated heterocycles. The highest BCUT2D eigenvalue weighted by molar-refractivity contribution is 5.89. The normalized spacial score (nSPS) is 10.3. The molecule has 3 rings (SSSR count). The van der Waals surface area contributed by atoms with E-state index in [2.05, 4.69) is 20.4 Å². The topological polar surface area (TPSA) is 90.1 Å². The Balaban J connectivity index is 1.68. The van der Waals surface area contributed by atoms with Crippen LogP contribution in [-0.4, -0.2) is 28.1 Å². The van der Waals surface area contributed by atoms with E-state index in [-0.39, 0.29) is 11.7 Å². The number of rotatable bonds is 5. The van der Waals surface area contributed by atoms with Crippen LogP contribution in [0.5, 0.6) is 5.75 Å². The van der Waals surface area contributed by atoms with E-state index < -0.39 is 5.91 Å². The van der Waals surface area contributed by atoms with Crippen LogP contribution in [-0.2, 0) is 6.54 Å². The molecule has 0 aliphatic heterocycles. The number of hydrogen-bond acceptors (Lipinski definition) is 6. The number of pyridine rings is 1. The molecule has 2 heterocycles. The molecule has 0 fully saturated rings. The first-order valence-corrected chi connectivity index (χ1v) is 6.93. The van der Waals surface area contributed by atoms with Gasteiger partial charge in [0.25, 0.3) is 0 Å². The third-order valence-electron chi connectivity index (χ3n) is 3.15. The van der Waals surface area contributed by atoms with Crippen molar-refractivity contribution in [2.45, 2.75) is 6.54 Å². The maximum absolute atomic E-state index is 12.1. The largest absolute Gasteiger partial charge is 0.496 e. The Morgan fingerprint density at radius 2 is 2.04 bits per heavy atom. The third-order valence-corrected chi connectivity index (χ3v) is 3.15. The summed E-state index contributed by atoms with van der Waals surface area (Å²) >= 11 is 0. The second-order valence-electron chi connectivity index (χ2n) is 4.63. The van der Waals surface area contributed by atoms with Gasteiger partial charge < -0.3 is 14.6 Å². The molecule has 0 bridgehead atoms. The molecular formula is C16H14N4O3. The minimum absolute atomic E-state index is 0.111. The van der Waals surface area contributed by atoms with Gasteiger partial charge in [0.1, 0.15) is 11.4 Å². The van der Waals surface area contributed by atoms with Gasteiger partial charge in [0.2, 0.25) is 5.82 Å². The van der Waals surface area contributed by atoms with E-state index in [0.29, 0.717) is 18.0 Å². The van der Waals surface area contributed by atoms with Gasteiger partial charge in [-0.15, -0.1) is 0 Å². The van der Waals surface area contributed by atoms with Crippen molar-refractivity contribution in [2.75, 3.05) is 7.11 Å². The van der Waals surface area contributed by atoms with Gasteiger partial charge in [0, 0.05) is 18.3 Å². The second-order valence-corrected chi connectivity index (χ2v) is 4.63. The Bertz CT molecular complexity index is 802. The molecule has 23 heavy (non-hydrogen) atoms. The van der Waals surface area contributed by atoms with Crippen LogP contribution in [0.1, 0.15) is 16.2 Å². The number of nitrogens with one attached hydrogen (secondary N) is 1. The average Bonchev–Trinajstić information content (AvgIpc) is 3.11. The van der Waals surface area contributed by atoms with Crippen LogP contribution in [0.25, 0.3) is 11.5 Å². The summed E-state index contributed by atoms with van der Waals surface area (Å²) in [5, 5.41) is 6.48. The van der Waals surface area contributed by atoms with Crippen molar-refractivity contribution < 1.29 is 14.1 Å². The van der Waals surface area contributed by atoms with Gasteiger partial charge in [-0.1, -0.05) is 29.4 Å². The zero-order valence-electron chi connectivity index (χ0n) is 12.4. The molecule has 1 aromatic carbocycles. The molecular weight excluding hydrogens is 296 g/mol. The molecule has 116 valence electrons. The molecule has 2 aromatic heterocycles. The van der Waals surface area contributed by atoms with Crippen molar-refractivity contribution in [1.82, 2.24) is 20.4 Å². The number of carbonyl (C=O) groups excluding carboxylic acids is 1. The summed E-state index contributed by atoms with van der Waals surface area (Å²) in [5.41, 5.74) is 1.40. The van der Waals surface area contributed by atoms with Crippen LogP contribution >= 0.6 is 0 Å². The number of amides is 1. The Morgan fingerprint density at radius 3 is 2.83 bits per heavy atom. The Morgan fingerprint density at radius 1 is 1.22 bits per heavy atom. The lowest BCUT2D eigenvalue weighted by molar-refractivity contribution is 0.0906. The Labute approximate surface area is 132 Å². The summed E-state index contributed by atoms with van der Waals surface area (Å²) in [6.07, 6.45) is 1.62. The first-order valence-electron chi connectivity index (χ1n) is 6.93. The minimum atomic E-state index is -0.453. The summed E-state index contributed by atoms with van der Waals surface area (Å²) in [7, 11) is 1.58. The fourth-order valence-corrected chi connectivity index (χ4v) is 2.01. The van der Waals surface area contributed by atoms with Crippen molar-refractivity contribution in [1.29, 1.82) is 0 Å². The molecule has 0 aliphatic carbocycles. The maximum atomic E-state index is 12.1. The molecule has 1 amide bonds. The van der Waals surface area contributed by atoms with Crippen molar-refractivity contribution in [3.63, 3.8) is 0 Å². The monoisotopic (exact) mass is 310 g/mol. The Kier molecular flexibility index (Phi) is 4.28. The van der Waals surface area contributed by atoms with Crippen LogP contribution in [0.2, 0.25) is 0 Å². The number of methoxy groups -OCH3 is 1. The first kappa shape index (κ1) is 14.7. The molecule has 7 heteroatoms. The quantitative estimate of drug-likeness (QED) is 0.776. The van der Waals surface area contributed by atoms with Gasteiger partial charge in [-0.05, 0) is 18.2 Å². The predicted octanol–water partition coefficient (Wildman–Crippen LogP) is 2.07. The Hall–Kier alpha value is -3.22. The number of carbonyl (C=O) groups is 1. The number of nitrogens with zero attached hydrogens (tertiary/aromatic N) is 3. The van der Waals surface area contributed by atoms with Gasteiger partial charge in [-0.3, -0.25) is 9.78 Å². The SMILES string of the molecule is COc1ccccc1CNC(=O)c1nc(-c2ccccn2)no1. The fraction of sp³-hybridized carbons (Fsp3) is 0.125. The van der Waals surface area contributed by atoms with Crippen molar-refractivity contribution >= 4 is 5.91 Å². The molecule has 0 spiro atoms. The predicted molar refractivity (Wildman–Crippen MR) is 81.7 cm³/mol. The highest BCUT2D eigenvalue weighted by Gasteiger charge is 2.16. The maximum Gasteiger partial charge on any atom is 0.316 e. The number of benzene rings is 1. The van der Waals surface area contributed by atoms with Gasteiger partial charge >= 0.3 is 11.8 Å². The highest BCUT2D eigenvalue weighted by atomic mass is 16.5. The van der Waals surface area contributed by atoms with Gasteiger partial charge in [-0.25, -0.2) is 0 Å². The lowest BCUT2D eigenvalue weighted by Crippen LogP contribution is -2.23. The first-order chi connectivity index (χ1) is 11.3. The smallest absolute Gasteiger partial charge is 0.316 e. The van der Waals surface area contributed by atoms with Gasteiger partial charge in [-0.2, -0.15) is 4.98 Å². The number of hydrogen-bond donors (Lipinski definition) is 1. The van der Waals surface area contributed by atoms with E-state index in [1.807, 2.05) is 24.3 Å². The average molecular weight is 310 g/mol. The summed E-state index contributed by atoms with van der Waals surface area (Å²) in [5.74, 6) is 0.409. The number of aromatic nitrogens is 3. The van der Waals surface area contributed by atoms with Crippen LogP contribution in [0.15, 0.2) is 53.2 Å². The van der Waals surface area contributed by atoms with E-state index >= 15 is 0 Å². The van der Waals surface area contributed by atoms with Gasteiger partial charge in [0.05, 0.1) is 7.11 Å². The highest BCUT2D eigenvalue weighted by Crippen LogP contribution is 2.17. The molecule has 7 nitrogen and oxygen atoms in total. The van der Waals surface area contributed by atoms with Crippen molar-refractivity contribution in [2.24, 2.45) is 0 Å². The van der Waals surface area contributed by atoms with Crippen molar-refractivity contribution in [3.05, 3.63) is 60.1 Å². The molecule has 0 saturated carbocycles. The summed E-state index contributed by atoms with van der Waals surface area (Å²) in [6.45, 7) is 0.296. The number of para-hydroxylation sites is 1. The molecule has 1 N–H and O–H groups in total. The van der Waals surface area contributed by atoms with E-state index in [0.717, 1.165) is 5.56 Å². The molecule has 3 aromatic rings. The van der Waals surface area contributed by atoms with Crippen molar-refractivity contribution in [3.8, 4) is 17.3 Å². The minimum Gasteiger partial charge on any atom is -0.496 e. The van der Waals surface area contributed by atoms with Crippen LogP contribution in [0.4, 0.5) is 0 Å². The molecule has 0 unspecified atom stereocenters. The van der Waals surface area contributed by atoms with E-state index in [1.54, 1.807) is 31.5 Å². The lowest BCUT2D eigenvalue weighted by Gasteiger charge is -2.07. The van der Waals surface area contributed by atoms with E-state index in [4.69, 9.17) is 9.26 Å². The number of ether oxygens (including phenoxy) is 1. The summed E-state index contributed by atoms with van der Waals surface area (Å²) in [4.78, 5) is 20.3. The lowest BCUT2D eigenvalue weighted by atomic mass is 10.2.